The van der Waals surface area contributed by atoms with E-state index in [1.807, 2.05) is 0 Å². The Morgan fingerprint density at radius 3 is 0.797 bits per heavy atom. The number of carbonyl (C=O) groups excluding carboxylic acids is 3. The summed E-state index contributed by atoms with van der Waals surface area (Å²) in [6.07, 6.45) is 90.6. The monoisotopic (exact) mass is 1100 g/mol. The van der Waals surface area contributed by atoms with Crippen LogP contribution in [0.3, 0.4) is 0 Å². The largest absolute Gasteiger partial charge is 0.462 e. The lowest BCUT2D eigenvalue weighted by molar-refractivity contribution is -0.167. The molecule has 1 unspecified atom stereocenters. The molecule has 6 heteroatoms. The molecule has 0 aromatic heterocycles. The van der Waals surface area contributed by atoms with Gasteiger partial charge in [-0.2, -0.15) is 0 Å². The lowest BCUT2D eigenvalue weighted by Crippen LogP contribution is -2.30. The Bertz CT molecular complexity index is 1540. The molecule has 6 nitrogen and oxygen atoms in total. The van der Waals surface area contributed by atoms with E-state index in [2.05, 4.69) is 118 Å². The maximum atomic E-state index is 12.8. The molecule has 79 heavy (non-hydrogen) atoms. The van der Waals surface area contributed by atoms with Crippen molar-refractivity contribution in [2.75, 3.05) is 13.2 Å². The lowest BCUT2D eigenvalue weighted by Gasteiger charge is -2.18. The number of rotatable bonds is 61. The van der Waals surface area contributed by atoms with Crippen LogP contribution < -0.4 is 0 Å². The molecule has 0 N–H and O–H groups in total. The number of esters is 3. The van der Waals surface area contributed by atoms with Crippen molar-refractivity contribution in [3.05, 3.63) is 97.2 Å². The number of hydrogen-bond donors (Lipinski definition) is 0. The molecule has 0 saturated carbocycles. The van der Waals surface area contributed by atoms with Gasteiger partial charge in [0, 0.05) is 19.3 Å². The summed E-state index contributed by atoms with van der Waals surface area (Å²) in [4.78, 5) is 38.0. The van der Waals surface area contributed by atoms with Crippen LogP contribution in [0.2, 0.25) is 0 Å². The average molecular weight is 1100 g/mol. The third kappa shape index (κ3) is 65.0. The van der Waals surface area contributed by atoms with Gasteiger partial charge in [-0.3, -0.25) is 14.4 Å². The van der Waals surface area contributed by atoms with Crippen LogP contribution in [0.25, 0.3) is 0 Å². The highest BCUT2D eigenvalue weighted by Gasteiger charge is 2.19. The average Bonchev–Trinajstić information content (AvgIpc) is 3.45. The first-order valence-electron chi connectivity index (χ1n) is 33.7. The Morgan fingerprint density at radius 1 is 0.266 bits per heavy atom. The van der Waals surface area contributed by atoms with E-state index in [9.17, 15) is 14.4 Å². The zero-order valence-corrected chi connectivity index (χ0v) is 52.1. The van der Waals surface area contributed by atoms with E-state index in [-0.39, 0.29) is 37.5 Å². The first-order valence-corrected chi connectivity index (χ1v) is 33.7. The highest BCUT2D eigenvalue weighted by molar-refractivity contribution is 5.71. The first-order chi connectivity index (χ1) is 39.0. The summed E-state index contributed by atoms with van der Waals surface area (Å²) in [6.45, 7) is 6.44. The molecule has 0 rings (SSSR count). The maximum Gasteiger partial charge on any atom is 0.306 e. The maximum absolute atomic E-state index is 12.8. The van der Waals surface area contributed by atoms with E-state index in [4.69, 9.17) is 14.2 Å². The molecule has 0 aromatic carbocycles. The topological polar surface area (TPSA) is 78.9 Å². The quantitative estimate of drug-likeness (QED) is 0.0261. The van der Waals surface area contributed by atoms with Gasteiger partial charge in [0.15, 0.2) is 6.10 Å². The van der Waals surface area contributed by atoms with Gasteiger partial charge < -0.3 is 14.2 Å². The summed E-state index contributed by atoms with van der Waals surface area (Å²) in [5.41, 5.74) is 0. The van der Waals surface area contributed by atoms with Gasteiger partial charge in [0.2, 0.25) is 0 Å². The van der Waals surface area contributed by atoms with Crippen LogP contribution >= 0.6 is 0 Å². The van der Waals surface area contributed by atoms with Crippen molar-refractivity contribution in [3.63, 3.8) is 0 Å². The first kappa shape index (κ1) is 75.3. The number of carbonyl (C=O) groups is 3. The molecule has 0 radical (unpaired) electrons. The van der Waals surface area contributed by atoms with Gasteiger partial charge in [0.25, 0.3) is 0 Å². The number of allylic oxidation sites excluding steroid dienone is 16. The lowest BCUT2D eigenvalue weighted by atomic mass is 10.0. The predicted molar refractivity (Wildman–Crippen MR) is 344 cm³/mol. The molecule has 0 aliphatic heterocycles. The van der Waals surface area contributed by atoms with Gasteiger partial charge in [0.1, 0.15) is 13.2 Å². The predicted octanol–water partition coefficient (Wildman–Crippen LogP) is 23.2. The number of ether oxygens (including phenoxy) is 3. The van der Waals surface area contributed by atoms with Crippen molar-refractivity contribution >= 4 is 17.9 Å². The third-order valence-corrected chi connectivity index (χ3v) is 14.6. The second-order valence-electron chi connectivity index (χ2n) is 22.4. The van der Waals surface area contributed by atoms with Gasteiger partial charge in [0.05, 0.1) is 0 Å². The molecule has 0 saturated heterocycles. The van der Waals surface area contributed by atoms with E-state index < -0.39 is 6.10 Å². The minimum atomic E-state index is -0.792. The Kier molecular flexibility index (Phi) is 63.7. The van der Waals surface area contributed by atoms with Crippen molar-refractivity contribution in [3.8, 4) is 0 Å². The summed E-state index contributed by atoms with van der Waals surface area (Å²) < 4.78 is 16.8. The SMILES string of the molecule is CC/C=C\C/C=C\C/C=C\C/C=C\C/C=C\C/C=C\C/C=C\CCCCCC(=O)OC(COC(=O)CCCCCCC)COC(=O)CCCCCCCCCCCCCCCCCCCCC/C=C\CCCCCCCCCC. The van der Waals surface area contributed by atoms with Crippen LogP contribution in [-0.2, 0) is 28.6 Å². The van der Waals surface area contributed by atoms with E-state index >= 15 is 0 Å². The second kappa shape index (κ2) is 66.8. The Morgan fingerprint density at radius 2 is 0.494 bits per heavy atom. The summed E-state index contributed by atoms with van der Waals surface area (Å²) in [5, 5.41) is 0. The number of hydrogen-bond acceptors (Lipinski definition) is 6. The van der Waals surface area contributed by atoms with Crippen LogP contribution in [0.5, 0.6) is 0 Å². The third-order valence-electron chi connectivity index (χ3n) is 14.6. The minimum Gasteiger partial charge on any atom is -0.462 e. The van der Waals surface area contributed by atoms with Crippen molar-refractivity contribution in [1.29, 1.82) is 0 Å². The fourth-order valence-corrected chi connectivity index (χ4v) is 9.54. The summed E-state index contributed by atoms with van der Waals surface area (Å²) in [7, 11) is 0. The molecular weight excluding hydrogens is 973 g/mol. The van der Waals surface area contributed by atoms with Crippen molar-refractivity contribution < 1.29 is 28.6 Å². The summed E-state index contributed by atoms with van der Waals surface area (Å²) in [5.74, 6) is -0.928. The van der Waals surface area contributed by atoms with Gasteiger partial charge >= 0.3 is 17.9 Å². The molecule has 0 fully saturated rings. The highest BCUT2D eigenvalue weighted by atomic mass is 16.6. The van der Waals surface area contributed by atoms with Crippen molar-refractivity contribution in [2.24, 2.45) is 0 Å². The number of unbranched alkanes of at least 4 members (excludes halogenated alkanes) is 34. The van der Waals surface area contributed by atoms with Crippen LogP contribution in [0.15, 0.2) is 97.2 Å². The van der Waals surface area contributed by atoms with Crippen molar-refractivity contribution in [1.82, 2.24) is 0 Å². The van der Waals surface area contributed by atoms with E-state index in [1.165, 1.54) is 173 Å². The molecular formula is C73H126O6. The summed E-state index contributed by atoms with van der Waals surface area (Å²) >= 11 is 0. The van der Waals surface area contributed by atoms with E-state index in [0.717, 1.165) is 116 Å². The molecule has 0 amide bonds. The Labute approximate surface area is 489 Å². The molecule has 0 aliphatic carbocycles. The zero-order valence-electron chi connectivity index (χ0n) is 52.1. The molecule has 0 heterocycles. The second-order valence-corrected chi connectivity index (χ2v) is 22.4. The van der Waals surface area contributed by atoms with Crippen molar-refractivity contribution in [2.45, 2.75) is 335 Å². The normalized spacial score (nSPS) is 12.7. The molecule has 1 atom stereocenters. The van der Waals surface area contributed by atoms with Gasteiger partial charge in [-0.15, -0.1) is 0 Å². The smallest absolute Gasteiger partial charge is 0.306 e. The Balaban J connectivity index is 4.04. The van der Waals surface area contributed by atoms with Gasteiger partial charge in [-0.05, 0) is 103 Å². The van der Waals surface area contributed by atoms with E-state index in [0.29, 0.717) is 12.8 Å². The van der Waals surface area contributed by atoms with Crippen LogP contribution in [0.4, 0.5) is 0 Å². The van der Waals surface area contributed by atoms with Crippen LogP contribution in [0.1, 0.15) is 329 Å². The molecule has 0 aliphatic rings. The highest BCUT2D eigenvalue weighted by Crippen LogP contribution is 2.17. The van der Waals surface area contributed by atoms with Crippen LogP contribution in [0, 0.1) is 0 Å². The molecule has 454 valence electrons. The standard InChI is InChI=1S/C73H126O6/c1-4-7-10-13-15-17-19-21-23-25-27-29-31-33-34-35-36-37-38-40-41-43-45-47-49-51-53-55-57-60-63-66-72(75)78-69-70(68-77-71(74)65-62-59-12-9-6-3)79-73(76)67-64-61-58-56-54-52-50-48-46-44-42-39-32-30-28-26-24-22-20-18-16-14-11-8-5-2/h8,11,16,18,22,24-25,27-28,30,39,42,46,48,52,54,70H,4-7,9-10,12-15,17,19-21,23,26,29,31-38,40-41,43-45,47,49-51,53,55-69H2,1-3H3/b11-8-,18-16-,24-22-,27-25-,30-28-,42-39-,48-46-,54-52-. The molecule has 0 spiro atoms. The van der Waals surface area contributed by atoms with E-state index in [1.54, 1.807) is 0 Å². The zero-order chi connectivity index (χ0) is 57.1. The Hall–Kier alpha value is -3.67. The fraction of sp³-hybridized carbons (Fsp3) is 0.740. The summed E-state index contributed by atoms with van der Waals surface area (Å²) in [6, 6.07) is 0. The molecule has 0 bridgehead atoms. The fourth-order valence-electron chi connectivity index (χ4n) is 9.54. The van der Waals surface area contributed by atoms with Crippen LogP contribution in [-0.4, -0.2) is 37.2 Å². The van der Waals surface area contributed by atoms with Gasteiger partial charge in [-0.1, -0.05) is 304 Å². The molecule has 0 aromatic rings. The van der Waals surface area contributed by atoms with Gasteiger partial charge in [-0.25, -0.2) is 0 Å². The minimum absolute atomic E-state index is 0.0893.